The van der Waals surface area contributed by atoms with Crippen LogP contribution in [0.3, 0.4) is 0 Å². The standard InChI is InChI=1S/C14H12O5/c1-18-13(16)10-8-5-3-2-4-7(8)6-9-11(10)14(17)19-12(9)15/h2-5,9-11H,6H2,1H3. The van der Waals surface area contributed by atoms with Gasteiger partial charge in [-0.25, -0.2) is 0 Å². The summed E-state index contributed by atoms with van der Waals surface area (Å²) in [5.74, 6) is -3.76. The zero-order valence-corrected chi connectivity index (χ0v) is 10.3. The molecule has 1 saturated heterocycles. The van der Waals surface area contributed by atoms with Gasteiger partial charge < -0.3 is 9.47 Å². The van der Waals surface area contributed by atoms with E-state index in [1.54, 1.807) is 12.1 Å². The average molecular weight is 260 g/mol. The van der Waals surface area contributed by atoms with Crippen LogP contribution in [-0.4, -0.2) is 25.0 Å². The zero-order valence-electron chi connectivity index (χ0n) is 10.3. The Labute approximate surface area is 109 Å². The third kappa shape index (κ3) is 1.65. The van der Waals surface area contributed by atoms with E-state index in [0.29, 0.717) is 6.42 Å². The number of rotatable bonds is 1. The maximum absolute atomic E-state index is 12.0. The molecule has 1 aromatic rings. The Morgan fingerprint density at radius 3 is 2.74 bits per heavy atom. The van der Waals surface area contributed by atoms with Gasteiger partial charge in [0.25, 0.3) is 0 Å². The van der Waals surface area contributed by atoms with E-state index in [2.05, 4.69) is 4.74 Å². The molecule has 3 atom stereocenters. The maximum atomic E-state index is 12.0. The Morgan fingerprint density at radius 2 is 2.00 bits per heavy atom. The first kappa shape index (κ1) is 11.9. The van der Waals surface area contributed by atoms with Crippen LogP contribution in [0.15, 0.2) is 24.3 Å². The van der Waals surface area contributed by atoms with E-state index in [1.807, 2.05) is 12.1 Å². The highest BCUT2D eigenvalue weighted by Gasteiger charge is 2.54. The van der Waals surface area contributed by atoms with E-state index < -0.39 is 35.7 Å². The molecule has 1 aliphatic heterocycles. The number of benzene rings is 1. The molecular formula is C14H12O5. The Bertz CT molecular complexity index is 577. The van der Waals surface area contributed by atoms with Gasteiger partial charge >= 0.3 is 17.9 Å². The number of esters is 3. The minimum atomic E-state index is -0.755. The number of hydrogen-bond acceptors (Lipinski definition) is 5. The summed E-state index contributed by atoms with van der Waals surface area (Å²) in [7, 11) is 1.27. The molecule has 98 valence electrons. The van der Waals surface area contributed by atoms with Gasteiger partial charge in [0.05, 0.1) is 24.9 Å². The largest absolute Gasteiger partial charge is 0.469 e. The fourth-order valence-electron chi connectivity index (χ4n) is 2.99. The number of ether oxygens (including phenoxy) is 2. The fourth-order valence-corrected chi connectivity index (χ4v) is 2.99. The number of methoxy groups -OCH3 is 1. The molecule has 19 heavy (non-hydrogen) atoms. The molecule has 2 aliphatic rings. The van der Waals surface area contributed by atoms with Crippen molar-refractivity contribution >= 4 is 17.9 Å². The lowest BCUT2D eigenvalue weighted by atomic mass is 9.70. The molecule has 3 unspecified atom stereocenters. The van der Waals surface area contributed by atoms with Crippen molar-refractivity contribution in [1.82, 2.24) is 0 Å². The summed E-state index contributed by atoms with van der Waals surface area (Å²) in [5, 5.41) is 0. The lowest BCUT2D eigenvalue weighted by Gasteiger charge is -2.29. The van der Waals surface area contributed by atoms with Crippen LogP contribution in [0.2, 0.25) is 0 Å². The molecule has 0 radical (unpaired) electrons. The molecule has 0 N–H and O–H groups in total. The van der Waals surface area contributed by atoms with Crippen LogP contribution in [0.1, 0.15) is 17.0 Å². The van der Waals surface area contributed by atoms with Gasteiger partial charge in [-0.05, 0) is 17.5 Å². The lowest BCUT2D eigenvalue weighted by molar-refractivity contribution is -0.155. The first-order valence-corrected chi connectivity index (χ1v) is 6.04. The SMILES string of the molecule is COC(=O)C1c2ccccc2CC2C(=O)OC(=O)C21. The van der Waals surface area contributed by atoms with Crippen molar-refractivity contribution in [2.24, 2.45) is 11.8 Å². The predicted octanol–water partition coefficient (Wildman–Crippen LogP) is 0.815. The molecule has 0 spiro atoms. The molecule has 1 aromatic carbocycles. The average Bonchev–Trinajstić information content (AvgIpc) is 2.70. The van der Waals surface area contributed by atoms with Gasteiger partial charge in [-0.3, -0.25) is 14.4 Å². The van der Waals surface area contributed by atoms with E-state index in [4.69, 9.17) is 4.74 Å². The van der Waals surface area contributed by atoms with Gasteiger partial charge in [0.1, 0.15) is 0 Å². The second-order valence-electron chi connectivity index (χ2n) is 4.78. The van der Waals surface area contributed by atoms with Crippen molar-refractivity contribution in [2.75, 3.05) is 7.11 Å². The van der Waals surface area contributed by atoms with Crippen LogP contribution in [0.25, 0.3) is 0 Å². The van der Waals surface area contributed by atoms with Crippen LogP contribution < -0.4 is 0 Å². The molecule has 0 amide bonds. The first-order valence-electron chi connectivity index (χ1n) is 6.04. The first-order chi connectivity index (χ1) is 9.13. The van der Waals surface area contributed by atoms with Crippen LogP contribution in [0, 0.1) is 11.8 Å². The number of fused-ring (bicyclic) bond motifs is 2. The van der Waals surface area contributed by atoms with Gasteiger partial charge in [-0.1, -0.05) is 24.3 Å². The van der Waals surface area contributed by atoms with Crippen LogP contribution in [0.5, 0.6) is 0 Å². The summed E-state index contributed by atoms with van der Waals surface area (Å²) < 4.78 is 9.46. The fraction of sp³-hybridized carbons (Fsp3) is 0.357. The number of carbonyl (C=O) groups is 3. The highest BCUT2D eigenvalue weighted by atomic mass is 16.6. The Hall–Kier alpha value is -2.17. The van der Waals surface area contributed by atoms with E-state index >= 15 is 0 Å². The number of hydrogen-bond donors (Lipinski definition) is 0. The molecule has 1 heterocycles. The summed E-state index contributed by atoms with van der Waals surface area (Å²) in [6.45, 7) is 0. The van der Waals surface area contributed by atoms with Crippen molar-refractivity contribution in [3.8, 4) is 0 Å². The second kappa shape index (κ2) is 4.19. The molecular weight excluding hydrogens is 248 g/mol. The third-order valence-electron chi connectivity index (χ3n) is 3.85. The molecule has 0 saturated carbocycles. The summed E-state index contributed by atoms with van der Waals surface area (Å²) in [4.78, 5) is 35.5. The minimum Gasteiger partial charge on any atom is -0.469 e. The van der Waals surface area contributed by atoms with Crippen LogP contribution >= 0.6 is 0 Å². The molecule has 5 heteroatoms. The third-order valence-corrected chi connectivity index (χ3v) is 3.85. The van der Waals surface area contributed by atoms with E-state index in [9.17, 15) is 14.4 Å². The summed E-state index contributed by atoms with van der Waals surface area (Å²) >= 11 is 0. The molecule has 5 nitrogen and oxygen atoms in total. The number of carbonyl (C=O) groups excluding carboxylic acids is 3. The van der Waals surface area contributed by atoms with Crippen LogP contribution in [-0.2, 0) is 30.3 Å². The van der Waals surface area contributed by atoms with Crippen molar-refractivity contribution in [1.29, 1.82) is 0 Å². The summed E-state index contributed by atoms with van der Waals surface area (Å²) in [6, 6.07) is 7.30. The highest BCUT2D eigenvalue weighted by Crippen LogP contribution is 2.44. The van der Waals surface area contributed by atoms with Gasteiger partial charge in [-0.15, -0.1) is 0 Å². The minimum absolute atomic E-state index is 0.429. The molecule has 0 bridgehead atoms. The van der Waals surface area contributed by atoms with Gasteiger partial charge in [0.15, 0.2) is 0 Å². The van der Waals surface area contributed by atoms with Gasteiger partial charge in [-0.2, -0.15) is 0 Å². The number of cyclic esters (lactones) is 2. The van der Waals surface area contributed by atoms with Gasteiger partial charge in [0, 0.05) is 0 Å². The zero-order chi connectivity index (χ0) is 13.6. The van der Waals surface area contributed by atoms with Crippen molar-refractivity contribution < 1.29 is 23.9 Å². The van der Waals surface area contributed by atoms with E-state index in [1.165, 1.54) is 7.11 Å². The predicted molar refractivity (Wildman–Crippen MR) is 63.0 cm³/mol. The molecule has 3 rings (SSSR count). The van der Waals surface area contributed by atoms with Gasteiger partial charge in [0.2, 0.25) is 0 Å². The van der Waals surface area contributed by atoms with Crippen LogP contribution in [0.4, 0.5) is 0 Å². The van der Waals surface area contributed by atoms with E-state index in [-0.39, 0.29) is 0 Å². The smallest absolute Gasteiger partial charge is 0.318 e. The maximum Gasteiger partial charge on any atom is 0.318 e. The monoisotopic (exact) mass is 260 g/mol. The molecule has 0 aromatic heterocycles. The topological polar surface area (TPSA) is 69.7 Å². The van der Waals surface area contributed by atoms with Crippen molar-refractivity contribution in [3.05, 3.63) is 35.4 Å². The summed E-state index contributed by atoms with van der Waals surface area (Å²) in [6.07, 6.45) is 0.429. The molecule has 1 aliphatic carbocycles. The highest BCUT2D eigenvalue weighted by molar-refractivity contribution is 6.01. The quantitative estimate of drug-likeness (QED) is 0.552. The van der Waals surface area contributed by atoms with Crippen molar-refractivity contribution in [2.45, 2.75) is 12.3 Å². The Balaban J connectivity index is 2.14. The van der Waals surface area contributed by atoms with E-state index in [0.717, 1.165) is 11.1 Å². The van der Waals surface area contributed by atoms with Crippen molar-refractivity contribution in [3.63, 3.8) is 0 Å². The Morgan fingerprint density at radius 1 is 1.26 bits per heavy atom. The normalized spacial score (nSPS) is 28.4. The Kier molecular flexibility index (Phi) is 2.62. The summed E-state index contributed by atoms with van der Waals surface area (Å²) in [5.41, 5.74) is 1.65. The second-order valence-corrected chi connectivity index (χ2v) is 4.78. The lowest BCUT2D eigenvalue weighted by Crippen LogP contribution is -2.36. The molecule has 1 fully saturated rings.